The SMILES string of the molecule is COc1ccc(C(C)(N)c2ccc(C)cc2)c(OC)c1Br. The van der Waals surface area contributed by atoms with E-state index in [1.165, 1.54) is 5.56 Å². The first-order chi connectivity index (χ1) is 9.91. The average Bonchev–Trinajstić information content (AvgIpc) is 2.47. The minimum Gasteiger partial charge on any atom is -0.495 e. The summed E-state index contributed by atoms with van der Waals surface area (Å²) in [6.07, 6.45) is 0. The third-order valence-corrected chi connectivity index (χ3v) is 4.45. The van der Waals surface area contributed by atoms with Crippen molar-refractivity contribution in [2.24, 2.45) is 5.73 Å². The van der Waals surface area contributed by atoms with Crippen molar-refractivity contribution in [2.75, 3.05) is 14.2 Å². The number of halogens is 1. The van der Waals surface area contributed by atoms with Gasteiger partial charge in [-0.2, -0.15) is 0 Å². The predicted octanol–water partition coefficient (Wildman–Crippen LogP) is 4.00. The van der Waals surface area contributed by atoms with Gasteiger partial charge in [-0.1, -0.05) is 29.8 Å². The van der Waals surface area contributed by atoms with Crippen molar-refractivity contribution in [1.29, 1.82) is 0 Å². The summed E-state index contributed by atoms with van der Waals surface area (Å²) in [5, 5.41) is 0. The van der Waals surface area contributed by atoms with Gasteiger partial charge in [0.1, 0.15) is 16.0 Å². The van der Waals surface area contributed by atoms with Gasteiger partial charge in [-0.15, -0.1) is 0 Å². The normalized spacial score (nSPS) is 13.6. The van der Waals surface area contributed by atoms with Crippen LogP contribution < -0.4 is 15.2 Å². The molecular weight excluding hydrogens is 330 g/mol. The zero-order chi connectivity index (χ0) is 15.6. The fourth-order valence-corrected chi connectivity index (χ4v) is 3.03. The van der Waals surface area contributed by atoms with Gasteiger partial charge in [-0.3, -0.25) is 0 Å². The summed E-state index contributed by atoms with van der Waals surface area (Å²) in [4.78, 5) is 0. The van der Waals surface area contributed by atoms with Crippen LogP contribution in [0.3, 0.4) is 0 Å². The van der Waals surface area contributed by atoms with Gasteiger partial charge in [0.15, 0.2) is 0 Å². The van der Waals surface area contributed by atoms with Crippen LogP contribution >= 0.6 is 15.9 Å². The highest BCUT2D eigenvalue weighted by Gasteiger charge is 2.29. The molecule has 2 aromatic carbocycles. The lowest BCUT2D eigenvalue weighted by atomic mass is 9.84. The number of hydrogen-bond acceptors (Lipinski definition) is 3. The van der Waals surface area contributed by atoms with Gasteiger partial charge in [0.2, 0.25) is 0 Å². The molecule has 0 fully saturated rings. The molecule has 0 aliphatic heterocycles. The van der Waals surface area contributed by atoms with E-state index in [0.29, 0.717) is 5.75 Å². The molecule has 0 aliphatic rings. The zero-order valence-electron chi connectivity index (χ0n) is 12.7. The van der Waals surface area contributed by atoms with Crippen molar-refractivity contribution in [3.63, 3.8) is 0 Å². The topological polar surface area (TPSA) is 44.5 Å². The summed E-state index contributed by atoms with van der Waals surface area (Å²) in [6, 6.07) is 12.1. The monoisotopic (exact) mass is 349 g/mol. The Bertz CT molecular complexity index is 636. The standard InChI is InChI=1S/C17H20BrNO2/c1-11-5-7-12(8-6-11)17(2,19)13-9-10-14(20-3)15(18)16(13)21-4/h5-10H,19H2,1-4H3. The van der Waals surface area contributed by atoms with Gasteiger partial charge in [0, 0.05) is 5.56 Å². The molecule has 0 amide bonds. The summed E-state index contributed by atoms with van der Waals surface area (Å²) in [7, 11) is 3.26. The van der Waals surface area contributed by atoms with Crippen LogP contribution in [0.1, 0.15) is 23.6 Å². The average molecular weight is 350 g/mol. The summed E-state index contributed by atoms with van der Waals surface area (Å²) >= 11 is 3.52. The maximum atomic E-state index is 6.60. The second-order valence-electron chi connectivity index (χ2n) is 5.23. The fourth-order valence-electron chi connectivity index (χ4n) is 2.36. The van der Waals surface area contributed by atoms with Crippen LogP contribution in [0, 0.1) is 6.92 Å². The summed E-state index contributed by atoms with van der Waals surface area (Å²) < 4.78 is 11.6. The molecule has 1 atom stereocenters. The van der Waals surface area contributed by atoms with Crippen LogP contribution in [-0.4, -0.2) is 14.2 Å². The van der Waals surface area contributed by atoms with E-state index in [0.717, 1.165) is 21.3 Å². The van der Waals surface area contributed by atoms with Crippen LogP contribution in [0.25, 0.3) is 0 Å². The van der Waals surface area contributed by atoms with Crippen LogP contribution in [0.2, 0.25) is 0 Å². The van der Waals surface area contributed by atoms with Gasteiger partial charge >= 0.3 is 0 Å². The van der Waals surface area contributed by atoms with E-state index >= 15 is 0 Å². The molecule has 0 aliphatic carbocycles. The molecule has 2 rings (SSSR count). The van der Waals surface area contributed by atoms with E-state index in [9.17, 15) is 0 Å². The van der Waals surface area contributed by atoms with Gasteiger partial charge in [-0.25, -0.2) is 0 Å². The van der Waals surface area contributed by atoms with E-state index in [1.54, 1.807) is 14.2 Å². The molecule has 4 heteroatoms. The van der Waals surface area contributed by atoms with E-state index in [-0.39, 0.29) is 0 Å². The molecule has 0 radical (unpaired) electrons. The highest BCUT2D eigenvalue weighted by atomic mass is 79.9. The van der Waals surface area contributed by atoms with E-state index in [4.69, 9.17) is 15.2 Å². The molecule has 0 heterocycles. The molecule has 112 valence electrons. The Labute approximate surface area is 134 Å². The van der Waals surface area contributed by atoms with Crippen molar-refractivity contribution < 1.29 is 9.47 Å². The molecular formula is C17H20BrNO2. The maximum absolute atomic E-state index is 6.60. The number of benzene rings is 2. The number of nitrogens with two attached hydrogens (primary N) is 1. The van der Waals surface area contributed by atoms with Gasteiger partial charge in [0.05, 0.1) is 19.8 Å². The zero-order valence-corrected chi connectivity index (χ0v) is 14.3. The van der Waals surface area contributed by atoms with Crippen molar-refractivity contribution in [3.8, 4) is 11.5 Å². The molecule has 0 saturated heterocycles. The minimum absolute atomic E-state index is 0.659. The first-order valence-corrected chi connectivity index (χ1v) is 7.48. The number of ether oxygens (including phenoxy) is 2. The Morgan fingerprint density at radius 2 is 1.62 bits per heavy atom. The minimum atomic E-state index is -0.659. The lowest BCUT2D eigenvalue weighted by Crippen LogP contribution is -2.34. The molecule has 2 N–H and O–H groups in total. The van der Waals surface area contributed by atoms with Gasteiger partial charge in [-0.05, 0) is 47.5 Å². The highest BCUT2D eigenvalue weighted by Crippen LogP contribution is 2.42. The third-order valence-electron chi connectivity index (χ3n) is 3.70. The van der Waals surface area contributed by atoms with E-state index in [1.807, 2.05) is 31.2 Å². The Balaban J connectivity index is 2.59. The quantitative estimate of drug-likeness (QED) is 0.907. The second kappa shape index (κ2) is 6.08. The Morgan fingerprint density at radius 1 is 1.00 bits per heavy atom. The van der Waals surface area contributed by atoms with Crippen molar-refractivity contribution >= 4 is 15.9 Å². The fraction of sp³-hybridized carbons (Fsp3) is 0.294. The van der Waals surface area contributed by atoms with E-state index in [2.05, 4.69) is 35.0 Å². The Morgan fingerprint density at radius 3 is 2.14 bits per heavy atom. The first-order valence-electron chi connectivity index (χ1n) is 6.68. The smallest absolute Gasteiger partial charge is 0.142 e. The lowest BCUT2D eigenvalue weighted by molar-refractivity contribution is 0.379. The number of methoxy groups -OCH3 is 2. The molecule has 0 bridgehead atoms. The number of aryl methyl sites for hydroxylation is 1. The molecule has 0 spiro atoms. The van der Waals surface area contributed by atoms with E-state index < -0.39 is 5.54 Å². The van der Waals surface area contributed by atoms with Crippen molar-refractivity contribution in [3.05, 3.63) is 57.6 Å². The van der Waals surface area contributed by atoms with Gasteiger partial charge < -0.3 is 15.2 Å². The van der Waals surface area contributed by atoms with Gasteiger partial charge in [0.25, 0.3) is 0 Å². The largest absolute Gasteiger partial charge is 0.495 e. The molecule has 0 saturated carbocycles. The Kier molecular flexibility index (Phi) is 4.59. The molecule has 0 aromatic heterocycles. The predicted molar refractivity (Wildman–Crippen MR) is 89.1 cm³/mol. The lowest BCUT2D eigenvalue weighted by Gasteiger charge is -2.28. The number of hydrogen-bond donors (Lipinski definition) is 1. The number of rotatable bonds is 4. The van der Waals surface area contributed by atoms with Crippen LogP contribution in [0.15, 0.2) is 40.9 Å². The summed E-state index contributed by atoms with van der Waals surface area (Å²) in [5.41, 5.74) is 9.09. The summed E-state index contributed by atoms with van der Waals surface area (Å²) in [5.74, 6) is 1.41. The van der Waals surface area contributed by atoms with Crippen molar-refractivity contribution in [1.82, 2.24) is 0 Å². The summed E-state index contributed by atoms with van der Waals surface area (Å²) in [6.45, 7) is 4.04. The van der Waals surface area contributed by atoms with Crippen LogP contribution in [-0.2, 0) is 5.54 Å². The first kappa shape index (κ1) is 15.9. The van der Waals surface area contributed by atoms with Crippen LogP contribution in [0.5, 0.6) is 11.5 Å². The molecule has 21 heavy (non-hydrogen) atoms. The highest BCUT2D eigenvalue weighted by molar-refractivity contribution is 9.10. The molecule has 2 aromatic rings. The Hall–Kier alpha value is -1.52. The molecule has 1 unspecified atom stereocenters. The second-order valence-corrected chi connectivity index (χ2v) is 6.02. The van der Waals surface area contributed by atoms with Crippen LogP contribution in [0.4, 0.5) is 0 Å². The van der Waals surface area contributed by atoms with Crippen molar-refractivity contribution in [2.45, 2.75) is 19.4 Å². The maximum Gasteiger partial charge on any atom is 0.142 e. The third kappa shape index (κ3) is 2.92. The molecule has 3 nitrogen and oxygen atoms in total.